The SMILES string of the molecule is N#CC(NCCCN=[N+]=[N-])c1cc(Br)c(Br)s1. The van der Waals surface area contributed by atoms with Crippen LogP contribution in [0.25, 0.3) is 10.4 Å². The van der Waals surface area contributed by atoms with Crippen LogP contribution in [0.2, 0.25) is 0 Å². The Morgan fingerprint density at radius 1 is 1.65 bits per heavy atom. The van der Waals surface area contributed by atoms with Gasteiger partial charge in [0.25, 0.3) is 0 Å². The summed E-state index contributed by atoms with van der Waals surface area (Å²) in [4.78, 5) is 3.62. The topological polar surface area (TPSA) is 84.6 Å². The van der Waals surface area contributed by atoms with Gasteiger partial charge in [0.1, 0.15) is 6.04 Å². The summed E-state index contributed by atoms with van der Waals surface area (Å²) in [5.41, 5.74) is 8.11. The summed E-state index contributed by atoms with van der Waals surface area (Å²) in [5.74, 6) is 0. The lowest BCUT2D eigenvalue weighted by molar-refractivity contribution is 0.613. The van der Waals surface area contributed by atoms with Crippen LogP contribution in [0.1, 0.15) is 17.3 Å². The van der Waals surface area contributed by atoms with E-state index in [1.165, 1.54) is 11.3 Å². The Morgan fingerprint density at radius 3 is 2.94 bits per heavy atom. The third-order valence-corrected chi connectivity index (χ3v) is 5.25. The predicted octanol–water partition coefficient (Wildman–Crippen LogP) is 4.13. The number of nitrogens with one attached hydrogen (secondary N) is 1. The minimum absolute atomic E-state index is 0.325. The minimum atomic E-state index is -0.325. The van der Waals surface area contributed by atoms with Crippen molar-refractivity contribution in [2.45, 2.75) is 12.5 Å². The van der Waals surface area contributed by atoms with Crippen LogP contribution in [0.4, 0.5) is 0 Å². The molecule has 1 rings (SSSR count). The van der Waals surface area contributed by atoms with Gasteiger partial charge in [-0.3, -0.25) is 5.32 Å². The van der Waals surface area contributed by atoms with Crippen molar-refractivity contribution in [1.29, 1.82) is 5.26 Å². The molecule has 0 aromatic carbocycles. The molecule has 8 heteroatoms. The van der Waals surface area contributed by atoms with Gasteiger partial charge in [-0.2, -0.15) is 5.26 Å². The van der Waals surface area contributed by atoms with E-state index in [2.05, 4.69) is 53.3 Å². The summed E-state index contributed by atoms with van der Waals surface area (Å²) >= 11 is 8.30. The van der Waals surface area contributed by atoms with E-state index in [-0.39, 0.29) is 6.04 Å². The van der Waals surface area contributed by atoms with Crippen LogP contribution in [-0.2, 0) is 0 Å². The van der Waals surface area contributed by atoms with Crippen LogP contribution >= 0.6 is 43.2 Å². The molecule has 1 aromatic rings. The van der Waals surface area contributed by atoms with Gasteiger partial charge in [0.15, 0.2) is 0 Å². The Kier molecular flexibility index (Phi) is 6.55. The van der Waals surface area contributed by atoms with Gasteiger partial charge in [0, 0.05) is 20.8 Å². The quantitative estimate of drug-likeness (QED) is 0.349. The van der Waals surface area contributed by atoms with Crippen molar-refractivity contribution < 1.29 is 0 Å². The number of nitriles is 1. The van der Waals surface area contributed by atoms with E-state index in [4.69, 9.17) is 10.8 Å². The predicted molar refractivity (Wildman–Crippen MR) is 74.7 cm³/mol. The van der Waals surface area contributed by atoms with Gasteiger partial charge in [-0.15, -0.1) is 11.3 Å². The number of halogens is 2. The zero-order valence-corrected chi connectivity index (χ0v) is 12.7. The van der Waals surface area contributed by atoms with Gasteiger partial charge in [-0.1, -0.05) is 5.11 Å². The lowest BCUT2D eigenvalue weighted by atomic mass is 10.2. The molecule has 17 heavy (non-hydrogen) atoms. The molecule has 0 aliphatic carbocycles. The highest BCUT2D eigenvalue weighted by Gasteiger charge is 2.14. The molecule has 0 amide bonds. The molecule has 1 heterocycles. The Morgan fingerprint density at radius 2 is 2.41 bits per heavy atom. The van der Waals surface area contributed by atoms with Crippen LogP contribution in [-0.4, -0.2) is 13.1 Å². The summed E-state index contributed by atoms with van der Waals surface area (Å²) in [6.07, 6.45) is 0.718. The van der Waals surface area contributed by atoms with Crippen LogP contribution in [0.15, 0.2) is 19.4 Å². The molecular weight excluding hydrogens is 370 g/mol. The fraction of sp³-hybridized carbons (Fsp3) is 0.444. The van der Waals surface area contributed by atoms with E-state index in [0.717, 1.165) is 19.6 Å². The maximum atomic E-state index is 9.06. The number of hydrogen-bond acceptors (Lipinski definition) is 4. The smallest absolute Gasteiger partial charge is 0.130 e. The second kappa shape index (κ2) is 7.69. The first-order valence-corrected chi connectivity index (χ1v) is 7.18. The molecule has 0 spiro atoms. The number of hydrogen-bond donors (Lipinski definition) is 1. The molecule has 0 saturated carbocycles. The molecule has 0 aliphatic rings. The summed E-state index contributed by atoms with van der Waals surface area (Å²) in [6.45, 7) is 1.09. The van der Waals surface area contributed by atoms with Crippen molar-refractivity contribution in [3.05, 3.63) is 29.6 Å². The zero-order valence-electron chi connectivity index (χ0n) is 8.73. The van der Waals surface area contributed by atoms with Gasteiger partial charge < -0.3 is 0 Å². The van der Waals surface area contributed by atoms with Crippen molar-refractivity contribution >= 4 is 43.2 Å². The molecule has 1 unspecified atom stereocenters. The lowest BCUT2D eigenvalue weighted by Crippen LogP contribution is -2.20. The second-order valence-corrected chi connectivity index (χ2v) is 6.35. The molecule has 0 bridgehead atoms. The number of nitrogens with zero attached hydrogens (tertiary/aromatic N) is 4. The maximum Gasteiger partial charge on any atom is 0.130 e. The van der Waals surface area contributed by atoms with E-state index in [9.17, 15) is 0 Å². The van der Waals surface area contributed by atoms with Crippen LogP contribution in [0, 0.1) is 11.3 Å². The van der Waals surface area contributed by atoms with Crippen LogP contribution in [0.3, 0.4) is 0 Å². The van der Waals surface area contributed by atoms with Gasteiger partial charge in [-0.05, 0) is 56.4 Å². The van der Waals surface area contributed by atoms with Gasteiger partial charge in [-0.25, -0.2) is 0 Å². The Labute approximate surface area is 120 Å². The lowest BCUT2D eigenvalue weighted by Gasteiger charge is -2.08. The first kappa shape index (κ1) is 14.5. The third-order valence-electron chi connectivity index (χ3n) is 1.92. The van der Waals surface area contributed by atoms with E-state index in [1.807, 2.05) is 6.07 Å². The highest BCUT2D eigenvalue weighted by Crippen LogP contribution is 2.35. The highest BCUT2D eigenvalue weighted by atomic mass is 79.9. The molecule has 0 fully saturated rings. The van der Waals surface area contributed by atoms with Crippen molar-refractivity contribution in [1.82, 2.24) is 5.32 Å². The van der Waals surface area contributed by atoms with Gasteiger partial charge in [0.2, 0.25) is 0 Å². The van der Waals surface area contributed by atoms with Crippen molar-refractivity contribution in [3.8, 4) is 6.07 Å². The average molecular weight is 379 g/mol. The summed E-state index contributed by atoms with van der Waals surface area (Å²) in [7, 11) is 0. The van der Waals surface area contributed by atoms with Crippen molar-refractivity contribution in [2.75, 3.05) is 13.1 Å². The Hall–Kier alpha value is -0.580. The first-order valence-electron chi connectivity index (χ1n) is 4.77. The Bertz CT molecular complexity index is 441. The maximum absolute atomic E-state index is 9.06. The largest absolute Gasteiger partial charge is 0.298 e. The van der Waals surface area contributed by atoms with Crippen LogP contribution < -0.4 is 5.32 Å². The minimum Gasteiger partial charge on any atom is -0.298 e. The molecule has 5 nitrogen and oxygen atoms in total. The standard InChI is InChI=1S/C9H9Br2N5S/c10-6-4-8(17-9(6)11)7(5-12)14-2-1-3-15-16-13/h4,7,14H,1-3H2. The Balaban J connectivity index is 2.49. The summed E-state index contributed by atoms with van der Waals surface area (Å²) < 4.78 is 1.93. The fourth-order valence-electron chi connectivity index (χ4n) is 1.16. The molecule has 1 N–H and O–H groups in total. The molecule has 0 saturated heterocycles. The van der Waals surface area contributed by atoms with E-state index in [1.54, 1.807) is 0 Å². The number of thiophene rings is 1. The second-order valence-electron chi connectivity index (χ2n) is 3.09. The van der Waals surface area contributed by atoms with Gasteiger partial charge >= 0.3 is 0 Å². The monoisotopic (exact) mass is 377 g/mol. The zero-order chi connectivity index (χ0) is 12.7. The van der Waals surface area contributed by atoms with Gasteiger partial charge in [0.05, 0.1) is 9.86 Å². The van der Waals surface area contributed by atoms with Crippen LogP contribution in [0.5, 0.6) is 0 Å². The first-order chi connectivity index (χ1) is 8.19. The average Bonchev–Trinajstić information content (AvgIpc) is 2.64. The van der Waals surface area contributed by atoms with E-state index >= 15 is 0 Å². The third kappa shape index (κ3) is 4.66. The summed E-state index contributed by atoms with van der Waals surface area (Å²) in [6, 6.07) is 3.80. The molecule has 0 aliphatic heterocycles. The highest BCUT2D eigenvalue weighted by molar-refractivity contribution is 9.13. The molecule has 90 valence electrons. The van der Waals surface area contributed by atoms with Crippen molar-refractivity contribution in [2.24, 2.45) is 5.11 Å². The molecular formula is C9H9Br2N5S. The summed E-state index contributed by atoms with van der Waals surface area (Å²) in [5, 5.41) is 15.6. The van der Waals surface area contributed by atoms with E-state index in [0.29, 0.717) is 13.1 Å². The fourth-order valence-corrected chi connectivity index (χ4v) is 3.27. The molecule has 1 atom stereocenters. The molecule has 1 aromatic heterocycles. The van der Waals surface area contributed by atoms with E-state index < -0.39 is 0 Å². The normalized spacial score (nSPS) is 11.6. The number of rotatable bonds is 6. The molecule has 0 radical (unpaired) electrons. The van der Waals surface area contributed by atoms with Crippen molar-refractivity contribution in [3.63, 3.8) is 0 Å². The number of azide groups is 1.